The van der Waals surface area contributed by atoms with Crippen LogP contribution in [0.3, 0.4) is 0 Å². The van der Waals surface area contributed by atoms with Gasteiger partial charge in [0.05, 0.1) is 6.17 Å². The Morgan fingerprint density at radius 1 is 1.06 bits per heavy atom. The smallest absolute Gasteiger partial charge is 0.0872 e. The molecule has 0 aliphatic carbocycles. The van der Waals surface area contributed by atoms with Crippen LogP contribution in [0.1, 0.15) is 23.7 Å². The third-order valence-electron chi connectivity index (χ3n) is 4.08. The molecule has 1 atom stereocenters. The molecule has 2 heterocycles. The van der Waals surface area contributed by atoms with E-state index in [1.165, 1.54) is 41.4 Å². The SMILES string of the molecule is c1ccc2c3c(ccc2c1)CNC3N1CCC1. The highest BCUT2D eigenvalue weighted by Crippen LogP contribution is 2.36. The van der Waals surface area contributed by atoms with Crippen molar-refractivity contribution >= 4 is 10.8 Å². The van der Waals surface area contributed by atoms with E-state index in [1.54, 1.807) is 0 Å². The molecule has 0 spiro atoms. The Hall–Kier alpha value is -1.38. The van der Waals surface area contributed by atoms with Crippen LogP contribution in [-0.2, 0) is 6.54 Å². The van der Waals surface area contributed by atoms with Gasteiger partial charge in [-0.15, -0.1) is 0 Å². The van der Waals surface area contributed by atoms with Crippen molar-refractivity contribution in [3.63, 3.8) is 0 Å². The third-order valence-corrected chi connectivity index (χ3v) is 4.08. The Morgan fingerprint density at radius 3 is 2.76 bits per heavy atom. The van der Waals surface area contributed by atoms with Crippen LogP contribution >= 0.6 is 0 Å². The van der Waals surface area contributed by atoms with Crippen molar-refractivity contribution < 1.29 is 0 Å². The van der Waals surface area contributed by atoms with Crippen molar-refractivity contribution in [3.8, 4) is 0 Å². The number of hydrogen-bond donors (Lipinski definition) is 1. The Bertz CT molecular complexity index is 572. The molecular formula is C15H16N2. The first-order valence-corrected chi connectivity index (χ1v) is 6.41. The summed E-state index contributed by atoms with van der Waals surface area (Å²) in [7, 11) is 0. The zero-order valence-electron chi connectivity index (χ0n) is 9.82. The van der Waals surface area contributed by atoms with Gasteiger partial charge < -0.3 is 0 Å². The van der Waals surface area contributed by atoms with Crippen molar-refractivity contribution in [1.82, 2.24) is 10.2 Å². The second-order valence-corrected chi connectivity index (χ2v) is 5.03. The number of fused-ring (bicyclic) bond motifs is 3. The summed E-state index contributed by atoms with van der Waals surface area (Å²) in [5.74, 6) is 0. The van der Waals surface area contributed by atoms with Crippen LogP contribution in [0, 0.1) is 0 Å². The van der Waals surface area contributed by atoms with Crippen molar-refractivity contribution in [2.24, 2.45) is 0 Å². The Labute approximate surface area is 101 Å². The van der Waals surface area contributed by atoms with E-state index in [0.717, 1.165) is 6.54 Å². The number of rotatable bonds is 1. The second kappa shape index (κ2) is 3.56. The summed E-state index contributed by atoms with van der Waals surface area (Å²) in [5.41, 5.74) is 2.99. The van der Waals surface area contributed by atoms with Crippen molar-refractivity contribution in [3.05, 3.63) is 47.5 Å². The Morgan fingerprint density at radius 2 is 1.94 bits per heavy atom. The van der Waals surface area contributed by atoms with Gasteiger partial charge in [0.15, 0.2) is 0 Å². The van der Waals surface area contributed by atoms with Crippen LogP contribution in [0.4, 0.5) is 0 Å². The molecule has 2 aromatic rings. The van der Waals surface area contributed by atoms with Crippen LogP contribution < -0.4 is 5.32 Å². The lowest BCUT2D eigenvalue weighted by molar-refractivity contribution is 0.102. The number of hydrogen-bond acceptors (Lipinski definition) is 2. The maximum absolute atomic E-state index is 3.64. The van der Waals surface area contributed by atoms with E-state index in [1.807, 2.05) is 0 Å². The lowest BCUT2D eigenvalue weighted by Gasteiger charge is -2.37. The molecule has 1 unspecified atom stereocenters. The predicted molar refractivity (Wildman–Crippen MR) is 69.7 cm³/mol. The predicted octanol–water partition coefficient (Wildman–Crippen LogP) is 2.65. The van der Waals surface area contributed by atoms with Gasteiger partial charge in [0.25, 0.3) is 0 Å². The zero-order valence-corrected chi connectivity index (χ0v) is 9.82. The maximum atomic E-state index is 3.64. The van der Waals surface area contributed by atoms with Gasteiger partial charge in [-0.1, -0.05) is 36.4 Å². The summed E-state index contributed by atoms with van der Waals surface area (Å²) in [4.78, 5) is 2.54. The highest BCUT2D eigenvalue weighted by atomic mass is 15.3. The first-order valence-electron chi connectivity index (χ1n) is 6.41. The number of likely N-dealkylation sites (tertiary alicyclic amines) is 1. The molecule has 2 aliphatic heterocycles. The summed E-state index contributed by atoms with van der Waals surface area (Å²) >= 11 is 0. The minimum Gasteiger partial charge on any atom is -0.294 e. The summed E-state index contributed by atoms with van der Waals surface area (Å²) in [6, 6.07) is 13.3. The molecule has 2 aliphatic rings. The van der Waals surface area contributed by atoms with Crippen molar-refractivity contribution in [2.75, 3.05) is 13.1 Å². The molecule has 4 rings (SSSR count). The van der Waals surface area contributed by atoms with Gasteiger partial charge >= 0.3 is 0 Å². The first kappa shape index (κ1) is 9.63. The monoisotopic (exact) mass is 224 g/mol. The van der Waals surface area contributed by atoms with Crippen molar-refractivity contribution in [1.29, 1.82) is 0 Å². The minimum absolute atomic E-state index is 0.449. The number of nitrogens with one attached hydrogen (secondary N) is 1. The second-order valence-electron chi connectivity index (χ2n) is 5.03. The first-order chi connectivity index (χ1) is 8.43. The highest BCUT2D eigenvalue weighted by Gasteiger charge is 2.31. The standard InChI is InChI=1S/C15H16N2/c1-2-5-13-11(4-1)6-7-12-10-16-15(14(12)13)17-8-3-9-17/h1-2,4-7,15-16H,3,8-10H2. The van der Waals surface area contributed by atoms with Gasteiger partial charge in [-0.2, -0.15) is 0 Å². The van der Waals surface area contributed by atoms with E-state index in [-0.39, 0.29) is 0 Å². The topological polar surface area (TPSA) is 15.3 Å². The van der Waals surface area contributed by atoms with Gasteiger partial charge in [-0.3, -0.25) is 10.2 Å². The van der Waals surface area contributed by atoms with Crippen LogP contribution in [-0.4, -0.2) is 18.0 Å². The zero-order chi connectivity index (χ0) is 11.2. The van der Waals surface area contributed by atoms with Gasteiger partial charge in [0.2, 0.25) is 0 Å². The third kappa shape index (κ3) is 1.34. The lowest BCUT2D eigenvalue weighted by Crippen LogP contribution is -2.43. The van der Waals surface area contributed by atoms with E-state index in [2.05, 4.69) is 46.6 Å². The van der Waals surface area contributed by atoms with Gasteiger partial charge in [-0.25, -0.2) is 0 Å². The fourth-order valence-electron chi connectivity index (χ4n) is 3.04. The lowest BCUT2D eigenvalue weighted by atomic mass is 9.98. The quantitative estimate of drug-likeness (QED) is 0.801. The molecule has 17 heavy (non-hydrogen) atoms. The van der Waals surface area contributed by atoms with Crippen LogP contribution in [0.2, 0.25) is 0 Å². The molecular weight excluding hydrogens is 208 g/mol. The van der Waals surface area contributed by atoms with Gasteiger partial charge in [0, 0.05) is 19.6 Å². The van der Waals surface area contributed by atoms with Gasteiger partial charge in [0.1, 0.15) is 0 Å². The molecule has 2 heteroatoms. The fourth-order valence-corrected chi connectivity index (χ4v) is 3.04. The Kier molecular flexibility index (Phi) is 2.01. The van der Waals surface area contributed by atoms with Crippen LogP contribution in [0.25, 0.3) is 10.8 Å². The number of benzene rings is 2. The fraction of sp³-hybridized carbons (Fsp3) is 0.333. The molecule has 86 valence electrons. The summed E-state index contributed by atoms with van der Waals surface area (Å²) in [6.07, 6.45) is 1.79. The molecule has 0 radical (unpaired) electrons. The normalized spacial score (nSPS) is 23.6. The molecule has 1 saturated heterocycles. The van der Waals surface area contributed by atoms with E-state index < -0.39 is 0 Å². The molecule has 0 bridgehead atoms. The van der Waals surface area contributed by atoms with Crippen LogP contribution in [0.5, 0.6) is 0 Å². The van der Waals surface area contributed by atoms with Gasteiger partial charge in [-0.05, 0) is 28.3 Å². The maximum Gasteiger partial charge on any atom is 0.0872 e. The molecule has 0 aromatic heterocycles. The van der Waals surface area contributed by atoms with E-state index in [9.17, 15) is 0 Å². The summed E-state index contributed by atoms with van der Waals surface area (Å²) in [5, 5.41) is 6.43. The average molecular weight is 224 g/mol. The summed E-state index contributed by atoms with van der Waals surface area (Å²) in [6.45, 7) is 3.49. The van der Waals surface area contributed by atoms with E-state index in [0.29, 0.717) is 6.17 Å². The molecule has 1 N–H and O–H groups in total. The number of nitrogens with zero attached hydrogens (tertiary/aromatic N) is 1. The van der Waals surface area contributed by atoms with Crippen LogP contribution in [0.15, 0.2) is 36.4 Å². The molecule has 2 aromatic carbocycles. The van der Waals surface area contributed by atoms with Crippen molar-refractivity contribution in [2.45, 2.75) is 19.1 Å². The van der Waals surface area contributed by atoms with E-state index >= 15 is 0 Å². The molecule has 2 nitrogen and oxygen atoms in total. The van der Waals surface area contributed by atoms with E-state index in [4.69, 9.17) is 0 Å². The molecule has 0 amide bonds. The Balaban J connectivity index is 1.92. The largest absolute Gasteiger partial charge is 0.294 e. The minimum atomic E-state index is 0.449. The molecule has 1 fully saturated rings. The summed E-state index contributed by atoms with van der Waals surface area (Å²) < 4.78 is 0. The highest BCUT2D eigenvalue weighted by molar-refractivity contribution is 5.87. The average Bonchev–Trinajstić information content (AvgIpc) is 2.71. The molecule has 0 saturated carbocycles.